The Morgan fingerprint density at radius 3 is 2.47 bits per heavy atom. The summed E-state index contributed by atoms with van der Waals surface area (Å²) in [7, 11) is 0. The Morgan fingerprint density at radius 2 is 1.79 bits per heavy atom. The highest BCUT2D eigenvalue weighted by Gasteiger charge is 2.23. The fraction of sp³-hybridized carbons (Fsp3) is 0.185. The molecule has 0 bridgehead atoms. The molecule has 0 radical (unpaired) electrons. The van der Waals surface area contributed by atoms with Crippen LogP contribution in [0, 0.1) is 12.7 Å². The van der Waals surface area contributed by atoms with Gasteiger partial charge in [0.2, 0.25) is 5.88 Å². The first kappa shape index (κ1) is 21.7. The Bertz CT molecular complexity index is 1470. The molecule has 6 nitrogen and oxygen atoms in total. The van der Waals surface area contributed by atoms with E-state index in [1.54, 1.807) is 6.07 Å². The van der Waals surface area contributed by atoms with Gasteiger partial charge in [-0.15, -0.1) is 0 Å². The number of carboxylic acids is 1. The smallest absolute Gasteiger partial charge is 0.337 e. The molecule has 1 aliphatic rings. The van der Waals surface area contributed by atoms with Crippen LogP contribution in [0.25, 0.3) is 11.0 Å². The van der Waals surface area contributed by atoms with Crippen LogP contribution < -0.4 is 15.6 Å². The number of nitrogens with one attached hydrogen (secondary N) is 1. The third-order valence-corrected chi connectivity index (χ3v) is 6.19. The summed E-state index contributed by atoms with van der Waals surface area (Å²) in [6, 6.07) is 16.5. The molecule has 5 rings (SSSR count). The van der Waals surface area contributed by atoms with Crippen LogP contribution in [0.5, 0.6) is 0 Å². The number of aromatic carboxylic acids is 1. The van der Waals surface area contributed by atoms with Gasteiger partial charge in [-0.05, 0) is 54.8 Å². The Morgan fingerprint density at radius 1 is 1.09 bits per heavy atom. The summed E-state index contributed by atoms with van der Waals surface area (Å²) >= 11 is 0. The Balaban J connectivity index is 1.56. The predicted molar refractivity (Wildman–Crippen MR) is 129 cm³/mol. The first-order chi connectivity index (χ1) is 16.3. The third kappa shape index (κ3) is 3.90. The van der Waals surface area contributed by atoms with E-state index in [4.69, 9.17) is 4.42 Å². The standard InChI is InChI=1S/C27H23FN2O4/c1-15-9-20(16(2)29-23-8-7-19(28)11-21(23)27(32)33)26-22(10-15)24(31)12-25(34-26)30-13-17-5-3-4-6-18(17)14-30/h3-12,16,29H,13-14H2,1-2H3,(H,32,33). The summed E-state index contributed by atoms with van der Waals surface area (Å²) in [5, 5.41) is 13.1. The van der Waals surface area contributed by atoms with E-state index < -0.39 is 17.8 Å². The van der Waals surface area contributed by atoms with Gasteiger partial charge in [0.15, 0.2) is 5.43 Å². The van der Waals surface area contributed by atoms with Crippen LogP contribution in [0.3, 0.4) is 0 Å². The zero-order valence-corrected chi connectivity index (χ0v) is 18.8. The van der Waals surface area contributed by atoms with Gasteiger partial charge in [0, 0.05) is 30.4 Å². The number of halogens is 1. The normalized spacial score (nSPS) is 13.7. The van der Waals surface area contributed by atoms with Crippen molar-refractivity contribution in [2.24, 2.45) is 0 Å². The molecule has 2 N–H and O–H groups in total. The molecule has 1 atom stereocenters. The van der Waals surface area contributed by atoms with Crippen molar-refractivity contribution in [2.75, 3.05) is 10.2 Å². The number of aryl methyl sites for hydroxylation is 1. The maximum atomic E-state index is 13.6. The quantitative estimate of drug-likeness (QED) is 0.403. The first-order valence-electron chi connectivity index (χ1n) is 11.0. The lowest BCUT2D eigenvalue weighted by molar-refractivity contribution is 0.0697. The number of hydrogen-bond donors (Lipinski definition) is 2. The molecule has 0 saturated carbocycles. The Kier molecular flexibility index (Phi) is 5.32. The van der Waals surface area contributed by atoms with E-state index >= 15 is 0 Å². The van der Waals surface area contributed by atoms with Crippen LogP contribution in [0.2, 0.25) is 0 Å². The van der Waals surface area contributed by atoms with Gasteiger partial charge in [0.25, 0.3) is 0 Å². The summed E-state index contributed by atoms with van der Waals surface area (Å²) in [4.78, 5) is 26.7. The Hall–Kier alpha value is -4.13. The van der Waals surface area contributed by atoms with Crippen molar-refractivity contribution in [1.82, 2.24) is 0 Å². The van der Waals surface area contributed by atoms with Gasteiger partial charge < -0.3 is 19.7 Å². The van der Waals surface area contributed by atoms with Crippen molar-refractivity contribution >= 4 is 28.5 Å². The van der Waals surface area contributed by atoms with Gasteiger partial charge in [-0.1, -0.05) is 30.3 Å². The van der Waals surface area contributed by atoms with E-state index in [0.717, 1.165) is 11.6 Å². The van der Waals surface area contributed by atoms with Crippen LogP contribution in [0.4, 0.5) is 16.0 Å². The second-order valence-corrected chi connectivity index (χ2v) is 8.67. The molecule has 4 aromatic rings. The maximum Gasteiger partial charge on any atom is 0.337 e. The predicted octanol–water partition coefficient (Wildman–Crippen LogP) is 5.63. The summed E-state index contributed by atoms with van der Waals surface area (Å²) < 4.78 is 19.9. The van der Waals surface area contributed by atoms with Crippen molar-refractivity contribution in [2.45, 2.75) is 33.0 Å². The summed E-state index contributed by atoms with van der Waals surface area (Å²) in [6.07, 6.45) is 0. The van der Waals surface area contributed by atoms with E-state index in [1.165, 1.54) is 29.3 Å². The minimum atomic E-state index is -1.23. The topological polar surface area (TPSA) is 82.8 Å². The number of carbonyl (C=O) groups is 1. The first-order valence-corrected chi connectivity index (χ1v) is 11.0. The largest absolute Gasteiger partial charge is 0.478 e. The van der Waals surface area contributed by atoms with Crippen LogP contribution in [0.15, 0.2) is 69.9 Å². The molecule has 1 aliphatic heterocycles. The lowest BCUT2D eigenvalue weighted by Gasteiger charge is -2.21. The van der Waals surface area contributed by atoms with E-state index in [2.05, 4.69) is 17.4 Å². The number of anilines is 2. The van der Waals surface area contributed by atoms with E-state index in [-0.39, 0.29) is 16.7 Å². The number of benzene rings is 3. The molecule has 172 valence electrons. The molecule has 0 amide bonds. The number of nitrogens with zero attached hydrogens (tertiary/aromatic N) is 1. The fourth-order valence-electron chi connectivity index (χ4n) is 4.52. The lowest BCUT2D eigenvalue weighted by atomic mass is 10.0. The lowest BCUT2D eigenvalue weighted by Crippen LogP contribution is -2.18. The van der Waals surface area contributed by atoms with Crippen LogP contribution in [-0.2, 0) is 13.1 Å². The van der Waals surface area contributed by atoms with Gasteiger partial charge in [-0.3, -0.25) is 4.79 Å². The summed E-state index contributed by atoms with van der Waals surface area (Å²) in [5.41, 5.74) is 4.41. The molecule has 1 unspecified atom stereocenters. The highest BCUT2D eigenvalue weighted by Crippen LogP contribution is 2.33. The number of fused-ring (bicyclic) bond motifs is 2. The van der Waals surface area contributed by atoms with Gasteiger partial charge in [0.1, 0.15) is 11.4 Å². The van der Waals surface area contributed by atoms with Crippen LogP contribution >= 0.6 is 0 Å². The second kappa shape index (κ2) is 8.33. The van der Waals surface area contributed by atoms with Crippen molar-refractivity contribution in [3.8, 4) is 0 Å². The molecule has 0 fully saturated rings. The molecular weight excluding hydrogens is 435 g/mol. The molecule has 7 heteroatoms. The number of hydrogen-bond acceptors (Lipinski definition) is 5. The van der Waals surface area contributed by atoms with Crippen LogP contribution in [0.1, 0.15) is 45.6 Å². The zero-order chi connectivity index (χ0) is 24.0. The van der Waals surface area contributed by atoms with E-state index in [9.17, 15) is 19.1 Å². The van der Waals surface area contributed by atoms with Gasteiger partial charge in [-0.2, -0.15) is 0 Å². The van der Waals surface area contributed by atoms with Crippen molar-refractivity contribution < 1.29 is 18.7 Å². The van der Waals surface area contributed by atoms with Crippen molar-refractivity contribution in [3.63, 3.8) is 0 Å². The maximum absolute atomic E-state index is 13.6. The summed E-state index contributed by atoms with van der Waals surface area (Å²) in [6.45, 7) is 5.04. The van der Waals surface area contributed by atoms with Gasteiger partial charge >= 0.3 is 5.97 Å². The highest BCUT2D eigenvalue weighted by molar-refractivity contribution is 5.94. The van der Waals surface area contributed by atoms with E-state index in [1.807, 2.05) is 36.9 Å². The average Bonchev–Trinajstić information content (AvgIpc) is 3.24. The van der Waals surface area contributed by atoms with Gasteiger partial charge in [0.05, 0.1) is 17.0 Å². The average molecular weight is 458 g/mol. The van der Waals surface area contributed by atoms with E-state index in [0.29, 0.717) is 35.5 Å². The summed E-state index contributed by atoms with van der Waals surface area (Å²) in [5.74, 6) is -1.37. The Labute approximate surface area is 195 Å². The molecular formula is C27H23FN2O4. The fourth-order valence-corrected chi connectivity index (χ4v) is 4.52. The molecule has 0 saturated heterocycles. The molecule has 2 heterocycles. The SMILES string of the molecule is Cc1cc(C(C)Nc2ccc(F)cc2C(=O)O)c2oc(N3Cc4ccccc4C3)cc(=O)c2c1. The van der Waals surface area contributed by atoms with Crippen LogP contribution in [-0.4, -0.2) is 11.1 Å². The minimum absolute atomic E-state index is 0.141. The molecule has 3 aromatic carbocycles. The minimum Gasteiger partial charge on any atom is -0.478 e. The molecule has 0 spiro atoms. The number of carboxylic acid groups (broad SMARTS) is 1. The third-order valence-electron chi connectivity index (χ3n) is 6.19. The molecule has 0 aliphatic carbocycles. The zero-order valence-electron chi connectivity index (χ0n) is 18.8. The molecule has 34 heavy (non-hydrogen) atoms. The highest BCUT2D eigenvalue weighted by atomic mass is 19.1. The van der Waals surface area contributed by atoms with Gasteiger partial charge in [-0.25, -0.2) is 9.18 Å². The number of rotatable bonds is 5. The second-order valence-electron chi connectivity index (χ2n) is 8.67. The van der Waals surface area contributed by atoms with Crippen molar-refractivity contribution in [3.05, 3.63) is 105 Å². The monoisotopic (exact) mass is 458 g/mol. The molecule has 1 aromatic heterocycles. The van der Waals surface area contributed by atoms with Crippen molar-refractivity contribution in [1.29, 1.82) is 0 Å².